The van der Waals surface area contributed by atoms with Gasteiger partial charge in [-0.3, -0.25) is 4.98 Å². The van der Waals surface area contributed by atoms with Gasteiger partial charge in [0.2, 0.25) is 0 Å². The predicted molar refractivity (Wildman–Crippen MR) is 120 cm³/mol. The van der Waals surface area contributed by atoms with Gasteiger partial charge in [0.25, 0.3) is 0 Å². The second-order valence-corrected chi connectivity index (χ2v) is 8.77. The molecule has 0 spiro atoms. The number of halogens is 2. The summed E-state index contributed by atoms with van der Waals surface area (Å²) in [5.74, 6) is -0.277. The summed E-state index contributed by atoms with van der Waals surface area (Å²) in [4.78, 5) is 8.39. The smallest absolute Gasteiger partial charge is 0.167 e. The molecule has 2 heterocycles. The van der Waals surface area contributed by atoms with E-state index in [2.05, 4.69) is 22.2 Å². The van der Waals surface area contributed by atoms with E-state index in [1.165, 1.54) is 18.2 Å². The SMILES string of the molecule is CC1CC(N)C[C@H](c2ccncc2NC(O)C2=CCC(F)C(c3ccc(O)cc3F)=N2)C1. The Balaban J connectivity index is 1.57. The third-order valence-corrected chi connectivity index (χ3v) is 6.16. The number of aliphatic imine (C=N–C) groups is 1. The van der Waals surface area contributed by atoms with Crippen LogP contribution in [0.1, 0.15) is 49.7 Å². The van der Waals surface area contributed by atoms with Gasteiger partial charge in [-0.15, -0.1) is 0 Å². The Morgan fingerprint density at radius 3 is 2.78 bits per heavy atom. The second kappa shape index (κ2) is 9.34. The number of nitrogens with zero attached hydrogens (tertiary/aromatic N) is 2. The topological polar surface area (TPSA) is 104 Å². The van der Waals surface area contributed by atoms with Crippen molar-refractivity contribution in [3.05, 3.63) is 65.4 Å². The number of phenolic OH excluding ortho intramolecular Hbond substituents is 1. The molecule has 1 saturated carbocycles. The maximum atomic E-state index is 14.5. The summed E-state index contributed by atoms with van der Waals surface area (Å²) in [6, 6.07) is 5.53. The zero-order valence-electron chi connectivity index (χ0n) is 17.9. The molecule has 4 rings (SSSR count). The van der Waals surface area contributed by atoms with Crippen molar-refractivity contribution in [2.24, 2.45) is 16.6 Å². The minimum atomic E-state index is -1.51. The van der Waals surface area contributed by atoms with Gasteiger partial charge < -0.3 is 21.3 Å². The van der Waals surface area contributed by atoms with Gasteiger partial charge in [-0.2, -0.15) is 0 Å². The number of rotatable bonds is 5. The summed E-state index contributed by atoms with van der Waals surface area (Å²) in [5, 5.41) is 23.3. The Labute approximate surface area is 185 Å². The van der Waals surface area contributed by atoms with Crippen LogP contribution in [0.5, 0.6) is 5.75 Å². The number of nitrogens with one attached hydrogen (secondary N) is 1. The van der Waals surface area contributed by atoms with Gasteiger partial charge in [0.05, 0.1) is 23.3 Å². The minimum Gasteiger partial charge on any atom is -0.508 e. The molecule has 5 N–H and O–H groups in total. The van der Waals surface area contributed by atoms with Crippen molar-refractivity contribution in [1.29, 1.82) is 0 Å². The number of aromatic nitrogens is 1. The number of benzene rings is 1. The Morgan fingerprint density at radius 2 is 2.03 bits per heavy atom. The van der Waals surface area contributed by atoms with Gasteiger partial charge >= 0.3 is 0 Å². The first kappa shape index (κ1) is 22.4. The lowest BCUT2D eigenvalue weighted by Crippen LogP contribution is -2.32. The van der Waals surface area contributed by atoms with Crippen LogP contribution in [-0.4, -0.2) is 39.4 Å². The lowest BCUT2D eigenvalue weighted by Gasteiger charge is -2.33. The lowest BCUT2D eigenvalue weighted by atomic mass is 9.76. The highest BCUT2D eigenvalue weighted by molar-refractivity contribution is 6.05. The van der Waals surface area contributed by atoms with Crippen molar-refractivity contribution >= 4 is 11.4 Å². The molecule has 0 amide bonds. The van der Waals surface area contributed by atoms with Crippen LogP contribution in [0.4, 0.5) is 14.5 Å². The minimum absolute atomic E-state index is 0.0396. The maximum absolute atomic E-state index is 14.5. The van der Waals surface area contributed by atoms with Gasteiger partial charge in [0.15, 0.2) is 6.23 Å². The molecule has 0 bridgehead atoms. The molecule has 1 aliphatic heterocycles. The zero-order chi connectivity index (χ0) is 22.8. The molecule has 2 aliphatic rings. The lowest BCUT2D eigenvalue weighted by molar-refractivity contribution is 0.236. The summed E-state index contributed by atoms with van der Waals surface area (Å²) in [7, 11) is 0. The van der Waals surface area contributed by atoms with Crippen molar-refractivity contribution in [1.82, 2.24) is 4.98 Å². The fraction of sp³-hybridized carbons (Fsp3) is 0.417. The van der Waals surface area contributed by atoms with E-state index in [0.29, 0.717) is 11.6 Å². The number of aliphatic hydroxyl groups is 1. The highest BCUT2D eigenvalue weighted by Gasteiger charge is 2.29. The molecule has 4 unspecified atom stereocenters. The first-order chi connectivity index (χ1) is 15.3. The standard InChI is InChI=1S/C24H28F2N4O2/c1-13-8-14(10-15(27)9-13)17-6-7-28-12-22(17)30-24(32)21-5-4-19(25)23(29-21)18-3-2-16(31)11-20(18)26/h2-3,5-7,11-15,19,24,30-32H,4,8-10,27H2,1H3/t13?,14-,15?,19?,24?/m1/s1. The molecule has 0 saturated heterocycles. The van der Waals surface area contributed by atoms with E-state index in [9.17, 15) is 19.0 Å². The van der Waals surface area contributed by atoms with Crippen molar-refractivity contribution < 1.29 is 19.0 Å². The quantitative estimate of drug-likeness (QED) is 0.524. The van der Waals surface area contributed by atoms with E-state index in [-0.39, 0.29) is 41.1 Å². The van der Waals surface area contributed by atoms with Crippen molar-refractivity contribution in [3.8, 4) is 5.75 Å². The van der Waals surface area contributed by atoms with E-state index in [4.69, 9.17) is 5.73 Å². The van der Waals surface area contributed by atoms with Crippen LogP contribution < -0.4 is 11.1 Å². The van der Waals surface area contributed by atoms with Crippen molar-refractivity contribution in [2.45, 2.75) is 57.0 Å². The van der Waals surface area contributed by atoms with Crippen LogP contribution >= 0.6 is 0 Å². The van der Waals surface area contributed by atoms with Gasteiger partial charge in [-0.1, -0.05) is 13.0 Å². The summed E-state index contributed by atoms with van der Waals surface area (Å²) < 4.78 is 28.8. The van der Waals surface area contributed by atoms with Gasteiger partial charge in [0.1, 0.15) is 17.7 Å². The van der Waals surface area contributed by atoms with Gasteiger partial charge in [0, 0.05) is 30.3 Å². The summed E-state index contributed by atoms with van der Waals surface area (Å²) >= 11 is 0. The molecule has 6 nitrogen and oxygen atoms in total. The molecule has 1 aromatic carbocycles. The molecular weight excluding hydrogens is 414 g/mol. The van der Waals surface area contributed by atoms with Crippen LogP contribution in [0.25, 0.3) is 0 Å². The average Bonchev–Trinajstić information content (AvgIpc) is 2.74. The summed E-state index contributed by atoms with van der Waals surface area (Å²) in [5.41, 5.74) is 7.97. The third kappa shape index (κ3) is 4.81. The molecule has 1 fully saturated rings. The summed E-state index contributed by atoms with van der Waals surface area (Å²) in [6.07, 6.45) is 4.94. The first-order valence-electron chi connectivity index (χ1n) is 10.9. The predicted octanol–water partition coefficient (Wildman–Crippen LogP) is 4.00. The van der Waals surface area contributed by atoms with Crippen LogP contribution in [0.2, 0.25) is 0 Å². The number of alkyl halides is 1. The highest BCUT2D eigenvalue weighted by Crippen LogP contribution is 2.38. The fourth-order valence-corrected chi connectivity index (χ4v) is 4.72. The number of hydrogen-bond donors (Lipinski definition) is 4. The van der Waals surface area contributed by atoms with Crippen LogP contribution in [-0.2, 0) is 0 Å². The average molecular weight is 443 g/mol. The largest absolute Gasteiger partial charge is 0.508 e. The number of anilines is 1. The van der Waals surface area contributed by atoms with Gasteiger partial charge in [-0.25, -0.2) is 13.8 Å². The molecule has 32 heavy (non-hydrogen) atoms. The van der Waals surface area contributed by atoms with Crippen LogP contribution in [0.3, 0.4) is 0 Å². The molecule has 1 aliphatic carbocycles. The number of pyridine rings is 1. The Bertz CT molecular complexity index is 1030. The Morgan fingerprint density at radius 1 is 1.22 bits per heavy atom. The first-order valence-corrected chi connectivity index (χ1v) is 10.9. The van der Waals surface area contributed by atoms with Crippen LogP contribution in [0.15, 0.2) is 53.4 Å². The number of nitrogens with two attached hydrogens (primary N) is 1. The van der Waals surface area contributed by atoms with Crippen LogP contribution in [0, 0.1) is 11.7 Å². The molecule has 0 radical (unpaired) electrons. The molecule has 8 heteroatoms. The second-order valence-electron chi connectivity index (χ2n) is 8.77. The normalized spacial score (nSPS) is 26.8. The highest BCUT2D eigenvalue weighted by atomic mass is 19.1. The number of allylic oxidation sites excluding steroid dienone is 1. The molecule has 1 aromatic heterocycles. The third-order valence-electron chi connectivity index (χ3n) is 6.16. The van der Waals surface area contributed by atoms with E-state index in [1.807, 2.05) is 6.07 Å². The van der Waals surface area contributed by atoms with Gasteiger partial charge in [-0.05, 0) is 54.9 Å². The van der Waals surface area contributed by atoms with E-state index in [1.54, 1.807) is 12.4 Å². The molecule has 2 aromatic rings. The number of aromatic hydroxyl groups is 1. The van der Waals surface area contributed by atoms with E-state index < -0.39 is 18.2 Å². The number of aliphatic hydroxyl groups excluding tert-OH is 1. The summed E-state index contributed by atoms with van der Waals surface area (Å²) in [6.45, 7) is 2.19. The Hall–Kier alpha value is -2.84. The monoisotopic (exact) mass is 442 g/mol. The van der Waals surface area contributed by atoms with Crippen molar-refractivity contribution in [3.63, 3.8) is 0 Å². The number of hydrogen-bond acceptors (Lipinski definition) is 6. The fourth-order valence-electron chi connectivity index (χ4n) is 4.72. The van der Waals surface area contributed by atoms with E-state index in [0.717, 1.165) is 30.9 Å². The molecule has 170 valence electrons. The van der Waals surface area contributed by atoms with E-state index >= 15 is 0 Å². The molecule has 5 atom stereocenters. The van der Waals surface area contributed by atoms with Crippen molar-refractivity contribution in [2.75, 3.05) is 5.32 Å². The number of phenols is 1. The molecular formula is C24H28F2N4O2. The maximum Gasteiger partial charge on any atom is 0.167 e. The zero-order valence-corrected chi connectivity index (χ0v) is 17.9. The Kier molecular flexibility index (Phi) is 6.53.